The van der Waals surface area contributed by atoms with Crippen LogP contribution in [0.1, 0.15) is 21.6 Å². The van der Waals surface area contributed by atoms with Crippen LogP contribution in [-0.4, -0.2) is 32.3 Å². The maximum Gasteiger partial charge on any atom is 0.337 e. The van der Waals surface area contributed by atoms with Gasteiger partial charge in [-0.25, -0.2) is 9.59 Å². The van der Waals surface area contributed by atoms with Crippen LogP contribution in [0.5, 0.6) is 0 Å². The van der Waals surface area contributed by atoms with E-state index in [0.29, 0.717) is 12.2 Å². The molecule has 0 aromatic carbocycles. The lowest BCUT2D eigenvalue weighted by molar-refractivity contribution is 0.0696. The Morgan fingerprint density at radius 1 is 1.35 bits per heavy atom. The number of hydrogen-bond donors (Lipinski definition) is 4. The minimum Gasteiger partial charge on any atom is -0.478 e. The van der Waals surface area contributed by atoms with Gasteiger partial charge >= 0.3 is 12.0 Å². The summed E-state index contributed by atoms with van der Waals surface area (Å²) in [6, 6.07) is 0.882. The Hall–Kier alpha value is -2.90. The second-order valence-corrected chi connectivity index (χ2v) is 4.10. The molecule has 0 bridgehead atoms. The first-order valence-corrected chi connectivity index (χ1v) is 5.78. The lowest BCUT2D eigenvalue weighted by Gasteiger charge is -2.07. The van der Waals surface area contributed by atoms with E-state index in [1.54, 1.807) is 6.20 Å². The van der Waals surface area contributed by atoms with Gasteiger partial charge in [0.25, 0.3) is 0 Å². The Morgan fingerprint density at radius 3 is 2.80 bits per heavy atom. The van der Waals surface area contributed by atoms with Crippen LogP contribution in [0.3, 0.4) is 0 Å². The molecule has 2 heterocycles. The van der Waals surface area contributed by atoms with Crippen molar-refractivity contribution in [3.63, 3.8) is 0 Å². The number of nitrogens with zero attached hydrogens (tertiary/aromatic N) is 2. The van der Waals surface area contributed by atoms with Gasteiger partial charge in [-0.3, -0.25) is 10.1 Å². The molecule has 0 radical (unpaired) electrons. The number of H-pyrrole nitrogens is 1. The van der Waals surface area contributed by atoms with Gasteiger partial charge in [-0.15, -0.1) is 0 Å². The van der Waals surface area contributed by atoms with E-state index in [-0.39, 0.29) is 5.56 Å². The number of aromatic nitrogens is 3. The zero-order valence-corrected chi connectivity index (χ0v) is 10.7. The van der Waals surface area contributed by atoms with E-state index in [1.807, 2.05) is 6.92 Å². The maximum absolute atomic E-state index is 11.7. The van der Waals surface area contributed by atoms with E-state index in [9.17, 15) is 9.59 Å². The molecule has 104 valence electrons. The summed E-state index contributed by atoms with van der Waals surface area (Å²) in [7, 11) is 0. The maximum atomic E-state index is 11.7. The summed E-state index contributed by atoms with van der Waals surface area (Å²) in [5, 5.41) is 20.6. The average molecular weight is 275 g/mol. The lowest BCUT2D eigenvalue weighted by atomic mass is 10.2. The highest BCUT2D eigenvalue weighted by atomic mass is 16.4. The molecule has 2 aromatic rings. The summed E-state index contributed by atoms with van der Waals surface area (Å²) >= 11 is 0. The first kappa shape index (κ1) is 13.5. The topological polar surface area (TPSA) is 120 Å². The number of carbonyl (C=O) groups is 2. The van der Waals surface area contributed by atoms with Crippen molar-refractivity contribution < 1.29 is 14.7 Å². The van der Waals surface area contributed by atoms with Crippen molar-refractivity contribution in [3.05, 3.63) is 41.5 Å². The van der Waals surface area contributed by atoms with E-state index in [0.717, 1.165) is 11.3 Å². The van der Waals surface area contributed by atoms with Gasteiger partial charge < -0.3 is 15.7 Å². The van der Waals surface area contributed by atoms with Crippen molar-refractivity contribution in [2.45, 2.75) is 13.5 Å². The number of amides is 2. The fourth-order valence-corrected chi connectivity index (χ4v) is 1.53. The predicted octanol–water partition coefficient (Wildman–Crippen LogP) is 1.13. The second kappa shape index (κ2) is 5.83. The molecule has 0 saturated heterocycles. The van der Waals surface area contributed by atoms with Crippen LogP contribution in [0.25, 0.3) is 0 Å². The molecular weight excluding hydrogens is 262 g/mol. The summed E-state index contributed by atoms with van der Waals surface area (Å²) < 4.78 is 0. The van der Waals surface area contributed by atoms with Gasteiger partial charge in [0.05, 0.1) is 23.6 Å². The SMILES string of the molecule is Cc1[nH]ncc1CNC(=O)Nc1cncc(C(=O)O)c1. The van der Waals surface area contributed by atoms with Crippen molar-refractivity contribution in [2.24, 2.45) is 0 Å². The molecule has 8 nitrogen and oxygen atoms in total. The fraction of sp³-hybridized carbons (Fsp3) is 0.167. The smallest absolute Gasteiger partial charge is 0.337 e. The Labute approximate surface area is 114 Å². The zero-order chi connectivity index (χ0) is 14.5. The number of aryl methyl sites for hydroxylation is 1. The number of anilines is 1. The Kier molecular flexibility index (Phi) is 3.94. The first-order valence-electron chi connectivity index (χ1n) is 5.78. The van der Waals surface area contributed by atoms with Crippen molar-refractivity contribution >= 4 is 17.7 Å². The van der Waals surface area contributed by atoms with Crippen LogP contribution < -0.4 is 10.6 Å². The summed E-state index contributed by atoms with van der Waals surface area (Å²) in [6.07, 6.45) is 4.21. The number of rotatable bonds is 4. The molecule has 0 atom stereocenters. The van der Waals surface area contributed by atoms with E-state index < -0.39 is 12.0 Å². The van der Waals surface area contributed by atoms with Gasteiger partial charge in [0.1, 0.15) is 0 Å². The molecule has 20 heavy (non-hydrogen) atoms. The van der Waals surface area contributed by atoms with E-state index in [2.05, 4.69) is 25.8 Å². The predicted molar refractivity (Wildman–Crippen MR) is 70.4 cm³/mol. The number of nitrogens with one attached hydrogen (secondary N) is 3. The molecule has 0 saturated carbocycles. The monoisotopic (exact) mass is 275 g/mol. The third kappa shape index (κ3) is 3.31. The van der Waals surface area contributed by atoms with Gasteiger partial charge in [-0.1, -0.05) is 0 Å². The molecule has 0 fully saturated rings. The van der Waals surface area contributed by atoms with Crippen LogP contribution in [0.4, 0.5) is 10.5 Å². The van der Waals surface area contributed by atoms with Gasteiger partial charge in [-0.05, 0) is 13.0 Å². The third-order valence-electron chi connectivity index (χ3n) is 2.62. The summed E-state index contributed by atoms with van der Waals surface area (Å²) in [5.74, 6) is -1.10. The molecule has 2 rings (SSSR count). The number of hydrogen-bond acceptors (Lipinski definition) is 4. The van der Waals surface area contributed by atoms with Crippen LogP contribution in [0, 0.1) is 6.92 Å². The van der Waals surface area contributed by atoms with Crippen LogP contribution >= 0.6 is 0 Å². The first-order chi connectivity index (χ1) is 9.56. The minimum atomic E-state index is -1.10. The largest absolute Gasteiger partial charge is 0.478 e. The average Bonchev–Trinajstić information content (AvgIpc) is 2.82. The number of aromatic amines is 1. The van der Waals surface area contributed by atoms with Crippen molar-refractivity contribution in [1.82, 2.24) is 20.5 Å². The third-order valence-corrected chi connectivity index (χ3v) is 2.62. The summed E-state index contributed by atoms with van der Waals surface area (Å²) in [4.78, 5) is 26.2. The summed E-state index contributed by atoms with van der Waals surface area (Å²) in [5.41, 5.74) is 2.07. The lowest BCUT2D eigenvalue weighted by Crippen LogP contribution is -2.28. The number of carboxylic acid groups (broad SMARTS) is 1. The van der Waals surface area contributed by atoms with Gasteiger partial charge in [0.2, 0.25) is 0 Å². The van der Waals surface area contributed by atoms with Gasteiger partial charge in [-0.2, -0.15) is 5.10 Å². The number of carbonyl (C=O) groups excluding carboxylic acids is 1. The quantitative estimate of drug-likeness (QED) is 0.666. The normalized spacial score (nSPS) is 10.1. The molecule has 0 aliphatic carbocycles. The zero-order valence-electron chi connectivity index (χ0n) is 10.7. The number of aromatic carboxylic acids is 1. The Balaban J connectivity index is 1.93. The second-order valence-electron chi connectivity index (χ2n) is 4.10. The van der Waals surface area contributed by atoms with Crippen LogP contribution in [0.15, 0.2) is 24.7 Å². The molecule has 0 aliphatic rings. The van der Waals surface area contributed by atoms with E-state index >= 15 is 0 Å². The highest BCUT2D eigenvalue weighted by Gasteiger charge is 2.07. The highest BCUT2D eigenvalue weighted by molar-refractivity contribution is 5.92. The highest BCUT2D eigenvalue weighted by Crippen LogP contribution is 2.08. The fourth-order valence-electron chi connectivity index (χ4n) is 1.53. The van der Waals surface area contributed by atoms with Crippen molar-refractivity contribution in [1.29, 1.82) is 0 Å². The minimum absolute atomic E-state index is 0.00785. The van der Waals surface area contributed by atoms with E-state index in [4.69, 9.17) is 5.11 Å². The molecule has 8 heteroatoms. The molecular formula is C12H13N5O3. The van der Waals surface area contributed by atoms with E-state index in [1.165, 1.54) is 18.5 Å². The molecule has 0 spiro atoms. The number of pyridine rings is 1. The summed E-state index contributed by atoms with van der Waals surface area (Å²) in [6.45, 7) is 2.17. The number of carboxylic acids is 1. The molecule has 0 aliphatic heterocycles. The van der Waals surface area contributed by atoms with Gasteiger partial charge in [0, 0.05) is 24.0 Å². The Bertz CT molecular complexity index is 638. The molecule has 4 N–H and O–H groups in total. The van der Waals surface area contributed by atoms with Gasteiger partial charge in [0.15, 0.2) is 0 Å². The molecule has 2 amide bonds. The number of urea groups is 1. The van der Waals surface area contributed by atoms with Crippen molar-refractivity contribution in [2.75, 3.05) is 5.32 Å². The molecule has 2 aromatic heterocycles. The standard InChI is InChI=1S/C12H13N5O3/c1-7-9(5-15-17-7)4-14-12(20)16-10-2-8(11(18)19)3-13-6-10/h2-3,5-6H,4H2,1H3,(H,15,17)(H,18,19)(H2,14,16,20). The van der Waals surface area contributed by atoms with Crippen molar-refractivity contribution in [3.8, 4) is 0 Å². The molecule has 0 unspecified atom stereocenters. The Morgan fingerprint density at radius 2 is 2.15 bits per heavy atom. The van der Waals surface area contributed by atoms with Crippen LogP contribution in [0.2, 0.25) is 0 Å². The van der Waals surface area contributed by atoms with Crippen LogP contribution in [-0.2, 0) is 6.54 Å².